The molecule has 4 nitrogen and oxygen atoms in total. The Morgan fingerprint density at radius 1 is 1.27 bits per heavy atom. The summed E-state index contributed by atoms with van der Waals surface area (Å²) >= 11 is 0. The Kier molecular flexibility index (Phi) is 5.85. The number of aromatic hydroxyl groups is 1. The van der Waals surface area contributed by atoms with Gasteiger partial charge in [0.1, 0.15) is 10.6 Å². The molecule has 6 heteroatoms. The van der Waals surface area contributed by atoms with E-state index in [4.69, 9.17) is 5.73 Å². The molecule has 3 N–H and O–H groups in total. The Morgan fingerprint density at radius 2 is 1.87 bits per heavy atom. The van der Waals surface area contributed by atoms with Gasteiger partial charge in [0.15, 0.2) is 9.84 Å². The summed E-state index contributed by atoms with van der Waals surface area (Å²) < 4.78 is 23.2. The van der Waals surface area contributed by atoms with Crippen molar-refractivity contribution in [2.75, 3.05) is 12.3 Å². The lowest BCUT2D eigenvalue weighted by Crippen LogP contribution is -2.11. The zero-order valence-electron chi connectivity index (χ0n) is 8.09. The van der Waals surface area contributed by atoms with Crippen LogP contribution in [0.25, 0.3) is 0 Å². The summed E-state index contributed by atoms with van der Waals surface area (Å²) in [6.07, 6.45) is 0.399. The van der Waals surface area contributed by atoms with E-state index < -0.39 is 9.84 Å². The molecule has 0 fully saturated rings. The van der Waals surface area contributed by atoms with Crippen LogP contribution in [0.5, 0.6) is 5.75 Å². The SMILES string of the molecule is Br.NCCCS(=O)(=O)c1ccccc1O. The first-order chi connectivity index (χ1) is 6.58. The summed E-state index contributed by atoms with van der Waals surface area (Å²) in [5.41, 5.74) is 5.22. The molecule has 0 saturated carbocycles. The maximum absolute atomic E-state index is 11.6. The van der Waals surface area contributed by atoms with Crippen LogP contribution < -0.4 is 5.73 Å². The fourth-order valence-electron chi connectivity index (χ4n) is 1.10. The highest BCUT2D eigenvalue weighted by Crippen LogP contribution is 2.22. The van der Waals surface area contributed by atoms with Gasteiger partial charge in [0, 0.05) is 0 Å². The number of hydrogen-bond donors (Lipinski definition) is 2. The van der Waals surface area contributed by atoms with Gasteiger partial charge in [-0.05, 0) is 25.1 Å². The molecule has 0 atom stereocenters. The highest BCUT2D eigenvalue weighted by Gasteiger charge is 2.16. The van der Waals surface area contributed by atoms with Crippen molar-refractivity contribution in [1.29, 1.82) is 0 Å². The molecule has 0 heterocycles. The molecule has 0 unspecified atom stereocenters. The number of phenols is 1. The Morgan fingerprint density at radius 3 is 2.40 bits per heavy atom. The van der Waals surface area contributed by atoms with Crippen LogP contribution in [0.1, 0.15) is 6.42 Å². The summed E-state index contributed by atoms with van der Waals surface area (Å²) in [6, 6.07) is 5.91. The van der Waals surface area contributed by atoms with Crippen LogP contribution in [0.15, 0.2) is 29.2 Å². The highest BCUT2D eigenvalue weighted by atomic mass is 79.9. The average Bonchev–Trinajstić information content (AvgIpc) is 2.15. The van der Waals surface area contributed by atoms with E-state index in [1.807, 2.05) is 0 Å². The second-order valence-electron chi connectivity index (χ2n) is 2.93. The predicted octanol–water partition coefficient (Wildman–Crippen LogP) is 1.09. The fourth-order valence-corrected chi connectivity index (χ4v) is 2.54. The van der Waals surface area contributed by atoms with E-state index in [0.717, 1.165) is 0 Å². The Bertz CT molecular complexity index is 406. The van der Waals surface area contributed by atoms with E-state index in [-0.39, 0.29) is 33.4 Å². The summed E-state index contributed by atoms with van der Waals surface area (Å²) in [7, 11) is -3.38. The van der Waals surface area contributed by atoms with Crippen LogP contribution in [0.4, 0.5) is 0 Å². The van der Waals surface area contributed by atoms with Crippen molar-refractivity contribution < 1.29 is 13.5 Å². The lowest BCUT2D eigenvalue weighted by Gasteiger charge is -2.04. The van der Waals surface area contributed by atoms with Crippen molar-refractivity contribution in [3.8, 4) is 5.75 Å². The fraction of sp³-hybridized carbons (Fsp3) is 0.333. The van der Waals surface area contributed by atoms with Crippen molar-refractivity contribution in [2.45, 2.75) is 11.3 Å². The van der Waals surface area contributed by atoms with Crippen LogP contribution >= 0.6 is 17.0 Å². The van der Waals surface area contributed by atoms with Gasteiger partial charge < -0.3 is 10.8 Å². The maximum Gasteiger partial charge on any atom is 0.182 e. The van der Waals surface area contributed by atoms with Gasteiger partial charge in [-0.1, -0.05) is 12.1 Å². The Balaban J connectivity index is 0.00000196. The molecule has 0 spiro atoms. The first-order valence-corrected chi connectivity index (χ1v) is 5.94. The number of nitrogens with two attached hydrogens (primary N) is 1. The molecule has 0 aliphatic rings. The van der Waals surface area contributed by atoms with Gasteiger partial charge >= 0.3 is 0 Å². The number of phenolic OH excluding ortho intramolecular Hbond substituents is 1. The second kappa shape index (κ2) is 6.09. The molecule has 0 radical (unpaired) electrons. The van der Waals surface area contributed by atoms with Crippen molar-refractivity contribution in [1.82, 2.24) is 0 Å². The minimum Gasteiger partial charge on any atom is -0.507 e. The van der Waals surface area contributed by atoms with E-state index in [9.17, 15) is 13.5 Å². The van der Waals surface area contributed by atoms with Crippen LogP contribution in [0.3, 0.4) is 0 Å². The zero-order valence-corrected chi connectivity index (χ0v) is 10.6. The monoisotopic (exact) mass is 295 g/mol. The van der Waals surface area contributed by atoms with Gasteiger partial charge in [0.25, 0.3) is 0 Å². The number of para-hydroxylation sites is 1. The van der Waals surface area contributed by atoms with Gasteiger partial charge in [0.2, 0.25) is 0 Å². The molecule has 0 aliphatic carbocycles. The van der Waals surface area contributed by atoms with Gasteiger partial charge in [-0.15, -0.1) is 17.0 Å². The van der Waals surface area contributed by atoms with Gasteiger partial charge in [-0.3, -0.25) is 0 Å². The number of halogens is 1. The second-order valence-corrected chi connectivity index (χ2v) is 5.01. The van der Waals surface area contributed by atoms with Crippen molar-refractivity contribution in [2.24, 2.45) is 5.73 Å². The maximum atomic E-state index is 11.6. The molecular formula is C9H14BrNO3S. The van der Waals surface area contributed by atoms with Crippen molar-refractivity contribution in [3.63, 3.8) is 0 Å². The Labute approximate surface area is 99.8 Å². The normalized spacial score (nSPS) is 10.7. The van der Waals surface area contributed by atoms with Gasteiger partial charge in [0.05, 0.1) is 5.75 Å². The van der Waals surface area contributed by atoms with E-state index in [2.05, 4.69) is 0 Å². The molecule has 15 heavy (non-hydrogen) atoms. The topological polar surface area (TPSA) is 80.4 Å². The van der Waals surface area contributed by atoms with E-state index in [1.54, 1.807) is 12.1 Å². The van der Waals surface area contributed by atoms with Crippen LogP contribution in [-0.4, -0.2) is 25.8 Å². The summed E-state index contributed by atoms with van der Waals surface area (Å²) in [5, 5.41) is 9.34. The van der Waals surface area contributed by atoms with Crippen LogP contribution in [0, 0.1) is 0 Å². The zero-order chi connectivity index (χ0) is 10.6. The lowest BCUT2D eigenvalue weighted by atomic mass is 10.3. The first kappa shape index (κ1) is 14.4. The lowest BCUT2D eigenvalue weighted by molar-refractivity contribution is 0.458. The third kappa shape index (κ3) is 3.81. The van der Waals surface area contributed by atoms with Crippen molar-refractivity contribution >= 4 is 26.8 Å². The number of sulfone groups is 1. The Hall–Kier alpha value is -0.590. The van der Waals surface area contributed by atoms with Crippen LogP contribution in [-0.2, 0) is 9.84 Å². The van der Waals surface area contributed by atoms with Crippen molar-refractivity contribution in [3.05, 3.63) is 24.3 Å². The molecule has 1 rings (SSSR count). The molecule has 1 aromatic carbocycles. The number of benzene rings is 1. The van der Waals surface area contributed by atoms with Gasteiger partial charge in [-0.25, -0.2) is 8.42 Å². The summed E-state index contributed by atoms with van der Waals surface area (Å²) in [4.78, 5) is -0.0200. The molecule has 0 aliphatic heterocycles. The summed E-state index contributed by atoms with van der Waals surface area (Å²) in [5.74, 6) is -0.231. The van der Waals surface area contributed by atoms with Crippen LogP contribution in [0.2, 0.25) is 0 Å². The largest absolute Gasteiger partial charge is 0.507 e. The standard InChI is InChI=1S/C9H13NO3S.BrH/c10-6-3-7-14(12,13)9-5-2-1-4-8(9)11;/h1-2,4-5,11H,3,6-7,10H2;1H. The third-order valence-corrected chi connectivity index (χ3v) is 3.66. The number of hydrogen-bond acceptors (Lipinski definition) is 4. The molecule has 0 amide bonds. The third-order valence-electron chi connectivity index (χ3n) is 1.82. The highest BCUT2D eigenvalue weighted by molar-refractivity contribution is 8.93. The molecular weight excluding hydrogens is 282 g/mol. The average molecular weight is 296 g/mol. The van der Waals surface area contributed by atoms with E-state index in [0.29, 0.717) is 13.0 Å². The minimum absolute atomic E-state index is 0. The number of rotatable bonds is 4. The predicted molar refractivity (Wildman–Crippen MR) is 64.2 cm³/mol. The molecule has 0 saturated heterocycles. The smallest absolute Gasteiger partial charge is 0.182 e. The quantitative estimate of drug-likeness (QED) is 0.871. The molecule has 0 aromatic heterocycles. The van der Waals surface area contributed by atoms with Gasteiger partial charge in [-0.2, -0.15) is 0 Å². The summed E-state index contributed by atoms with van der Waals surface area (Å²) in [6.45, 7) is 0.326. The van der Waals surface area contributed by atoms with E-state index in [1.165, 1.54) is 12.1 Å². The van der Waals surface area contributed by atoms with E-state index >= 15 is 0 Å². The molecule has 1 aromatic rings. The first-order valence-electron chi connectivity index (χ1n) is 4.29. The molecule has 0 bridgehead atoms. The molecule has 86 valence electrons. The minimum atomic E-state index is -3.38.